The zero-order valence-electron chi connectivity index (χ0n) is 8.68. The molecule has 0 rings (SSSR count). The molecule has 2 atom stereocenters. The van der Waals surface area contributed by atoms with Crippen molar-refractivity contribution in [3.05, 3.63) is 0 Å². The molecule has 0 fully saturated rings. The van der Waals surface area contributed by atoms with E-state index < -0.39 is 17.2 Å². The fourth-order valence-corrected chi connectivity index (χ4v) is 2.07. The summed E-state index contributed by atoms with van der Waals surface area (Å²) in [6.07, 6.45) is 1.21. The maximum atomic E-state index is 10.7. The summed E-state index contributed by atoms with van der Waals surface area (Å²) in [5.74, 6) is -1.58. The number of nitrogens with two attached hydrogens (primary N) is 1. The second kappa shape index (κ2) is 7.53. The van der Waals surface area contributed by atoms with Crippen LogP contribution < -0.4 is 5.73 Å². The summed E-state index contributed by atoms with van der Waals surface area (Å²) in [4.78, 5) is 21.0. The molecule has 88 valence electrons. The lowest BCUT2D eigenvalue weighted by Gasteiger charge is -2.11. The van der Waals surface area contributed by atoms with Gasteiger partial charge in [0.1, 0.15) is 5.25 Å². The Morgan fingerprint density at radius 2 is 2.00 bits per heavy atom. The summed E-state index contributed by atoms with van der Waals surface area (Å²) in [6.45, 7) is 1.96. The Hall–Kier alpha value is -0.750. The fraction of sp³-hybridized carbons (Fsp3) is 0.778. The van der Waals surface area contributed by atoms with E-state index in [-0.39, 0.29) is 12.5 Å². The molecule has 0 aliphatic heterocycles. The van der Waals surface area contributed by atoms with Crippen LogP contribution in [-0.2, 0) is 9.59 Å². The minimum atomic E-state index is -1.09. The van der Waals surface area contributed by atoms with E-state index in [4.69, 9.17) is 15.9 Å². The average Bonchev–Trinajstić information content (AvgIpc) is 2.15. The van der Waals surface area contributed by atoms with Crippen molar-refractivity contribution in [1.82, 2.24) is 0 Å². The van der Waals surface area contributed by atoms with Gasteiger partial charge in [0.15, 0.2) is 0 Å². The Kier molecular flexibility index (Phi) is 7.15. The number of thioether (sulfide) groups is 1. The van der Waals surface area contributed by atoms with Crippen molar-refractivity contribution < 1.29 is 19.8 Å². The topological polar surface area (TPSA) is 101 Å². The molecule has 0 aromatic heterocycles. The van der Waals surface area contributed by atoms with Crippen LogP contribution in [0.15, 0.2) is 0 Å². The van der Waals surface area contributed by atoms with Crippen LogP contribution in [0.4, 0.5) is 0 Å². The maximum Gasteiger partial charge on any atom is 0.317 e. The minimum absolute atomic E-state index is 0.0665. The third-order valence-electron chi connectivity index (χ3n) is 1.97. The van der Waals surface area contributed by atoms with Gasteiger partial charge in [-0.05, 0) is 18.6 Å². The van der Waals surface area contributed by atoms with Crippen molar-refractivity contribution in [1.29, 1.82) is 0 Å². The highest BCUT2D eigenvalue weighted by Crippen LogP contribution is 2.17. The summed E-state index contributed by atoms with van der Waals surface area (Å²) >= 11 is 1.14. The third-order valence-corrected chi connectivity index (χ3v) is 3.21. The summed E-state index contributed by atoms with van der Waals surface area (Å²) in [5, 5.41) is 16.3. The van der Waals surface area contributed by atoms with Gasteiger partial charge < -0.3 is 15.9 Å². The summed E-state index contributed by atoms with van der Waals surface area (Å²) in [7, 11) is 0. The Balaban J connectivity index is 3.86. The second-order valence-corrected chi connectivity index (χ2v) is 4.56. The Morgan fingerprint density at radius 3 is 2.40 bits per heavy atom. The summed E-state index contributed by atoms with van der Waals surface area (Å²) in [5.41, 5.74) is 5.66. The molecule has 0 saturated carbocycles. The lowest BCUT2D eigenvalue weighted by molar-refractivity contribution is -0.142. The van der Waals surface area contributed by atoms with Crippen LogP contribution in [0, 0.1) is 0 Å². The zero-order chi connectivity index (χ0) is 11.8. The molecule has 0 aromatic carbocycles. The quantitative estimate of drug-likeness (QED) is 0.574. The number of hydrogen-bond acceptors (Lipinski definition) is 4. The zero-order valence-corrected chi connectivity index (χ0v) is 9.50. The van der Waals surface area contributed by atoms with Gasteiger partial charge in [-0.15, -0.1) is 11.8 Å². The standard InChI is InChI=1S/C9H17NO4S/c1-2-6(10)3-4-15-7(9(13)14)5-8(11)12/h6-7H,2-5,10H2,1H3,(H,11,12)(H,13,14). The molecule has 15 heavy (non-hydrogen) atoms. The first-order valence-electron chi connectivity index (χ1n) is 4.79. The first-order chi connectivity index (χ1) is 6.97. The first-order valence-corrected chi connectivity index (χ1v) is 5.84. The SMILES string of the molecule is CCC(N)CCSC(CC(=O)O)C(=O)O. The molecule has 4 N–H and O–H groups in total. The smallest absolute Gasteiger partial charge is 0.317 e. The Morgan fingerprint density at radius 1 is 1.40 bits per heavy atom. The van der Waals surface area contributed by atoms with Crippen molar-refractivity contribution >= 4 is 23.7 Å². The van der Waals surface area contributed by atoms with E-state index in [1.54, 1.807) is 0 Å². The average molecular weight is 235 g/mol. The Bertz CT molecular complexity index is 222. The Labute approximate surface area is 93.0 Å². The molecule has 6 heteroatoms. The molecule has 5 nitrogen and oxygen atoms in total. The predicted molar refractivity (Wildman–Crippen MR) is 59.0 cm³/mol. The van der Waals surface area contributed by atoms with Gasteiger partial charge in [0, 0.05) is 6.04 Å². The van der Waals surface area contributed by atoms with Crippen molar-refractivity contribution in [2.75, 3.05) is 5.75 Å². The molecule has 0 amide bonds. The van der Waals surface area contributed by atoms with E-state index in [0.717, 1.165) is 18.2 Å². The van der Waals surface area contributed by atoms with Crippen molar-refractivity contribution in [3.63, 3.8) is 0 Å². The molecule has 0 aromatic rings. The van der Waals surface area contributed by atoms with Gasteiger partial charge in [-0.2, -0.15) is 0 Å². The number of rotatable bonds is 8. The van der Waals surface area contributed by atoms with E-state index >= 15 is 0 Å². The molecule has 0 saturated heterocycles. The van der Waals surface area contributed by atoms with Crippen LogP contribution in [0.1, 0.15) is 26.2 Å². The van der Waals surface area contributed by atoms with E-state index in [1.165, 1.54) is 0 Å². The monoisotopic (exact) mass is 235 g/mol. The van der Waals surface area contributed by atoms with Crippen LogP contribution >= 0.6 is 11.8 Å². The highest BCUT2D eigenvalue weighted by atomic mass is 32.2. The van der Waals surface area contributed by atoms with E-state index in [9.17, 15) is 9.59 Å². The van der Waals surface area contributed by atoms with Crippen molar-refractivity contribution in [3.8, 4) is 0 Å². The van der Waals surface area contributed by atoms with E-state index in [1.807, 2.05) is 6.92 Å². The normalized spacial score (nSPS) is 14.5. The molecule has 0 aliphatic carbocycles. The van der Waals surface area contributed by atoms with Crippen LogP contribution in [-0.4, -0.2) is 39.2 Å². The highest BCUT2D eigenvalue weighted by molar-refractivity contribution is 8.00. The molecule has 0 spiro atoms. The highest BCUT2D eigenvalue weighted by Gasteiger charge is 2.21. The second-order valence-electron chi connectivity index (χ2n) is 3.25. The van der Waals surface area contributed by atoms with Crippen molar-refractivity contribution in [2.45, 2.75) is 37.5 Å². The lowest BCUT2D eigenvalue weighted by atomic mass is 10.2. The summed E-state index contributed by atoms with van der Waals surface area (Å²) in [6, 6.07) is 0.0665. The van der Waals surface area contributed by atoms with Gasteiger partial charge in [-0.25, -0.2) is 0 Å². The molecular formula is C9H17NO4S. The van der Waals surface area contributed by atoms with Crippen LogP contribution in [0.25, 0.3) is 0 Å². The molecule has 0 aliphatic rings. The maximum absolute atomic E-state index is 10.7. The van der Waals surface area contributed by atoms with E-state index in [0.29, 0.717) is 12.2 Å². The molecular weight excluding hydrogens is 218 g/mol. The number of carboxylic acids is 2. The number of carboxylic acid groups (broad SMARTS) is 2. The van der Waals surface area contributed by atoms with Gasteiger partial charge in [0.25, 0.3) is 0 Å². The molecule has 0 bridgehead atoms. The number of hydrogen-bond donors (Lipinski definition) is 3. The molecule has 2 unspecified atom stereocenters. The van der Waals surface area contributed by atoms with Crippen LogP contribution in [0.5, 0.6) is 0 Å². The van der Waals surface area contributed by atoms with Gasteiger partial charge in [0.05, 0.1) is 6.42 Å². The van der Waals surface area contributed by atoms with Gasteiger partial charge in [-0.1, -0.05) is 6.92 Å². The summed E-state index contributed by atoms with van der Waals surface area (Å²) < 4.78 is 0. The third kappa shape index (κ3) is 7.21. The fourth-order valence-electron chi connectivity index (χ4n) is 0.942. The minimum Gasteiger partial charge on any atom is -0.481 e. The van der Waals surface area contributed by atoms with Crippen molar-refractivity contribution in [2.24, 2.45) is 5.73 Å². The predicted octanol–water partition coefficient (Wildman–Crippen LogP) is 0.775. The van der Waals surface area contributed by atoms with E-state index in [2.05, 4.69) is 0 Å². The van der Waals surface area contributed by atoms with Gasteiger partial charge in [0.2, 0.25) is 0 Å². The first kappa shape index (κ1) is 14.2. The largest absolute Gasteiger partial charge is 0.481 e. The molecule has 0 heterocycles. The van der Waals surface area contributed by atoms with Crippen LogP contribution in [0.2, 0.25) is 0 Å². The molecule has 0 radical (unpaired) electrons. The van der Waals surface area contributed by atoms with Gasteiger partial charge >= 0.3 is 11.9 Å². The number of carbonyl (C=O) groups is 2. The number of aliphatic carboxylic acids is 2. The van der Waals surface area contributed by atoms with Gasteiger partial charge in [-0.3, -0.25) is 9.59 Å². The van der Waals surface area contributed by atoms with Crippen LogP contribution in [0.3, 0.4) is 0 Å². The lowest BCUT2D eigenvalue weighted by Crippen LogP contribution is -2.23.